The molecule has 0 fully saturated rings. The Bertz CT molecular complexity index is 456. The van der Waals surface area contributed by atoms with Crippen molar-refractivity contribution < 1.29 is 9.53 Å². The number of nitrogens with two attached hydrogens (primary N) is 1. The first-order valence-corrected chi connectivity index (χ1v) is 6.03. The lowest BCUT2D eigenvalue weighted by atomic mass is 9.94. The molecule has 0 aliphatic carbocycles. The van der Waals surface area contributed by atoms with E-state index in [-0.39, 0.29) is 5.91 Å². The number of ether oxygens (including phenoxy) is 1. The molecule has 1 rings (SSSR count). The summed E-state index contributed by atoms with van der Waals surface area (Å²) in [6.07, 6.45) is 0.482. The van der Waals surface area contributed by atoms with Crippen LogP contribution in [-0.2, 0) is 11.2 Å². The zero-order valence-corrected chi connectivity index (χ0v) is 11.8. The topological polar surface area (TPSA) is 64.4 Å². The van der Waals surface area contributed by atoms with Gasteiger partial charge in [-0.15, -0.1) is 0 Å². The number of carbonyl (C=O) groups excluding carboxylic acids is 1. The monoisotopic (exact) mass is 250 g/mol. The smallest absolute Gasteiger partial charge is 0.237 e. The Morgan fingerprint density at radius 2 is 2.00 bits per heavy atom. The SMILES string of the molecule is CNC(=O)C(N)Cc1c(C)cc(C)c(C)c1OC. The second-order valence-electron chi connectivity index (χ2n) is 4.57. The van der Waals surface area contributed by atoms with Crippen LogP contribution in [0.3, 0.4) is 0 Å². The molecule has 0 radical (unpaired) electrons. The molecule has 0 bridgehead atoms. The minimum atomic E-state index is -0.551. The lowest BCUT2D eigenvalue weighted by molar-refractivity contribution is -0.121. The van der Waals surface area contributed by atoms with E-state index in [2.05, 4.69) is 11.4 Å². The van der Waals surface area contributed by atoms with Gasteiger partial charge in [0.1, 0.15) is 5.75 Å². The zero-order chi connectivity index (χ0) is 13.9. The van der Waals surface area contributed by atoms with E-state index < -0.39 is 6.04 Å². The predicted octanol–water partition coefficient (Wildman–Crippen LogP) is 1.24. The molecule has 1 amide bonds. The third-order valence-electron chi connectivity index (χ3n) is 3.33. The van der Waals surface area contributed by atoms with Crippen molar-refractivity contribution >= 4 is 5.91 Å². The van der Waals surface area contributed by atoms with Crippen LogP contribution in [0.15, 0.2) is 6.07 Å². The number of carbonyl (C=O) groups is 1. The highest BCUT2D eigenvalue weighted by molar-refractivity contribution is 5.81. The average molecular weight is 250 g/mol. The van der Waals surface area contributed by atoms with Gasteiger partial charge in [0.05, 0.1) is 13.2 Å². The third kappa shape index (κ3) is 2.82. The highest BCUT2D eigenvalue weighted by Crippen LogP contribution is 2.30. The number of hydrogen-bond donors (Lipinski definition) is 2. The van der Waals surface area contributed by atoms with Crippen LogP contribution in [0.2, 0.25) is 0 Å². The molecule has 0 spiro atoms. The van der Waals surface area contributed by atoms with E-state index >= 15 is 0 Å². The highest BCUT2D eigenvalue weighted by Gasteiger charge is 2.18. The van der Waals surface area contributed by atoms with Crippen molar-refractivity contribution in [3.63, 3.8) is 0 Å². The van der Waals surface area contributed by atoms with Crippen LogP contribution in [0.1, 0.15) is 22.3 Å². The highest BCUT2D eigenvalue weighted by atomic mass is 16.5. The van der Waals surface area contributed by atoms with Crippen LogP contribution >= 0.6 is 0 Å². The molecular weight excluding hydrogens is 228 g/mol. The molecule has 0 saturated heterocycles. The minimum absolute atomic E-state index is 0.158. The van der Waals surface area contributed by atoms with Gasteiger partial charge in [-0.2, -0.15) is 0 Å². The molecule has 0 aromatic heterocycles. The van der Waals surface area contributed by atoms with Crippen molar-refractivity contribution in [1.29, 1.82) is 0 Å². The van der Waals surface area contributed by atoms with Crippen molar-refractivity contribution in [2.75, 3.05) is 14.2 Å². The quantitative estimate of drug-likeness (QED) is 0.845. The molecule has 0 aliphatic rings. The maximum atomic E-state index is 11.5. The molecule has 1 aromatic rings. The molecule has 18 heavy (non-hydrogen) atoms. The number of benzene rings is 1. The van der Waals surface area contributed by atoms with Crippen LogP contribution in [0.25, 0.3) is 0 Å². The number of aryl methyl sites for hydroxylation is 2. The fourth-order valence-corrected chi connectivity index (χ4v) is 2.13. The van der Waals surface area contributed by atoms with Gasteiger partial charge >= 0.3 is 0 Å². The van der Waals surface area contributed by atoms with Gasteiger partial charge in [-0.3, -0.25) is 4.79 Å². The van der Waals surface area contributed by atoms with Crippen LogP contribution in [0.4, 0.5) is 0 Å². The number of rotatable bonds is 4. The van der Waals surface area contributed by atoms with Gasteiger partial charge in [-0.05, 0) is 43.0 Å². The summed E-state index contributed by atoms with van der Waals surface area (Å²) in [4.78, 5) is 11.5. The van der Waals surface area contributed by atoms with E-state index in [4.69, 9.17) is 10.5 Å². The maximum absolute atomic E-state index is 11.5. The first-order chi connectivity index (χ1) is 8.42. The second-order valence-corrected chi connectivity index (χ2v) is 4.57. The summed E-state index contributed by atoms with van der Waals surface area (Å²) in [5.41, 5.74) is 10.3. The summed E-state index contributed by atoms with van der Waals surface area (Å²) in [7, 11) is 3.24. The number of methoxy groups -OCH3 is 1. The van der Waals surface area contributed by atoms with Crippen LogP contribution in [0, 0.1) is 20.8 Å². The molecule has 4 nitrogen and oxygen atoms in total. The number of likely N-dealkylation sites (N-methyl/N-ethyl adjacent to an activating group) is 1. The van der Waals surface area contributed by atoms with Crippen molar-refractivity contribution in [2.24, 2.45) is 5.73 Å². The summed E-state index contributed by atoms with van der Waals surface area (Å²) >= 11 is 0. The van der Waals surface area contributed by atoms with Gasteiger partial charge in [0.25, 0.3) is 0 Å². The van der Waals surface area contributed by atoms with Crippen LogP contribution < -0.4 is 15.8 Å². The van der Waals surface area contributed by atoms with E-state index in [0.29, 0.717) is 6.42 Å². The van der Waals surface area contributed by atoms with Crippen molar-refractivity contribution in [3.05, 3.63) is 28.3 Å². The molecule has 4 heteroatoms. The van der Waals surface area contributed by atoms with Gasteiger partial charge < -0.3 is 15.8 Å². The van der Waals surface area contributed by atoms with E-state index in [9.17, 15) is 4.79 Å². The van der Waals surface area contributed by atoms with Gasteiger partial charge in [0.2, 0.25) is 5.91 Å². The number of nitrogens with one attached hydrogen (secondary N) is 1. The summed E-state index contributed by atoms with van der Waals surface area (Å²) in [6, 6.07) is 1.55. The Labute approximate surface area is 109 Å². The second kappa shape index (κ2) is 5.87. The molecule has 100 valence electrons. The Kier molecular flexibility index (Phi) is 4.73. The third-order valence-corrected chi connectivity index (χ3v) is 3.33. The van der Waals surface area contributed by atoms with E-state index in [1.807, 2.05) is 20.8 Å². The van der Waals surface area contributed by atoms with Crippen LogP contribution in [0.5, 0.6) is 5.75 Å². The molecular formula is C14H22N2O2. The van der Waals surface area contributed by atoms with Gasteiger partial charge in [-0.1, -0.05) is 6.07 Å². The fourth-order valence-electron chi connectivity index (χ4n) is 2.13. The maximum Gasteiger partial charge on any atom is 0.237 e. The van der Waals surface area contributed by atoms with Gasteiger partial charge in [0.15, 0.2) is 0 Å². The molecule has 3 N–H and O–H groups in total. The molecule has 0 saturated carbocycles. The lowest BCUT2D eigenvalue weighted by Gasteiger charge is -2.19. The van der Waals surface area contributed by atoms with E-state index in [0.717, 1.165) is 22.4 Å². The molecule has 0 heterocycles. The minimum Gasteiger partial charge on any atom is -0.496 e. The summed E-state index contributed by atoms with van der Waals surface area (Å²) in [5, 5.41) is 2.56. The van der Waals surface area contributed by atoms with E-state index in [1.165, 1.54) is 5.56 Å². The number of hydrogen-bond acceptors (Lipinski definition) is 3. The van der Waals surface area contributed by atoms with Crippen molar-refractivity contribution in [2.45, 2.75) is 33.2 Å². The fraction of sp³-hybridized carbons (Fsp3) is 0.500. The summed E-state index contributed by atoms with van der Waals surface area (Å²) in [6.45, 7) is 6.08. The normalized spacial score (nSPS) is 12.1. The Morgan fingerprint density at radius 1 is 1.39 bits per heavy atom. The molecule has 0 aliphatic heterocycles. The first kappa shape index (κ1) is 14.5. The average Bonchev–Trinajstić information content (AvgIpc) is 2.35. The molecule has 1 unspecified atom stereocenters. The van der Waals surface area contributed by atoms with Crippen molar-refractivity contribution in [1.82, 2.24) is 5.32 Å². The van der Waals surface area contributed by atoms with E-state index in [1.54, 1.807) is 14.2 Å². The van der Waals surface area contributed by atoms with Gasteiger partial charge in [-0.25, -0.2) is 0 Å². The molecule has 1 aromatic carbocycles. The Morgan fingerprint density at radius 3 is 2.50 bits per heavy atom. The van der Waals surface area contributed by atoms with Gasteiger partial charge in [0, 0.05) is 13.5 Å². The Balaban J connectivity index is 3.16. The Hall–Kier alpha value is -1.55. The number of amides is 1. The lowest BCUT2D eigenvalue weighted by Crippen LogP contribution is -2.40. The van der Waals surface area contributed by atoms with Crippen LogP contribution in [-0.4, -0.2) is 26.1 Å². The zero-order valence-electron chi connectivity index (χ0n) is 11.8. The van der Waals surface area contributed by atoms with Crippen molar-refractivity contribution in [3.8, 4) is 5.75 Å². The molecule has 1 atom stereocenters. The standard InChI is InChI=1S/C14H22N2O2/c1-8-6-9(2)11(13(18-5)10(8)3)7-12(15)14(17)16-4/h6,12H,7,15H2,1-5H3,(H,16,17). The first-order valence-electron chi connectivity index (χ1n) is 6.03. The summed E-state index contributed by atoms with van der Waals surface area (Å²) in [5.74, 6) is 0.682. The largest absolute Gasteiger partial charge is 0.496 e. The summed E-state index contributed by atoms with van der Waals surface area (Å²) < 4.78 is 5.46. The predicted molar refractivity (Wildman–Crippen MR) is 73.0 cm³/mol.